The molecule has 8 heteroatoms. The van der Waals surface area contributed by atoms with Gasteiger partial charge in [-0.1, -0.05) is 13.0 Å². The first kappa shape index (κ1) is 19.1. The van der Waals surface area contributed by atoms with E-state index in [0.29, 0.717) is 34.8 Å². The van der Waals surface area contributed by atoms with Crippen LogP contribution in [0, 0.1) is 5.82 Å². The third-order valence-electron chi connectivity index (χ3n) is 3.54. The van der Waals surface area contributed by atoms with Crippen molar-refractivity contribution in [2.24, 2.45) is 0 Å². The lowest BCUT2D eigenvalue weighted by Gasteiger charge is -2.18. The van der Waals surface area contributed by atoms with E-state index in [2.05, 4.69) is 53.2 Å². The van der Waals surface area contributed by atoms with Crippen molar-refractivity contribution < 1.29 is 9.13 Å². The summed E-state index contributed by atoms with van der Waals surface area (Å²) in [6, 6.07) is 10.4. The lowest BCUT2D eigenvalue weighted by molar-refractivity contribution is 0.316. The maximum absolute atomic E-state index is 14.5. The van der Waals surface area contributed by atoms with E-state index in [-0.39, 0.29) is 0 Å². The van der Waals surface area contributed by atoms with Gasteiger partial charge in [-0.15, -0.1) is 37.9 Å². The number of hydrogen-bond donors (Lipinski definition) is 4. The Morgan fingerprint density at radius 2 is 1.96 bits per heavy atom. The number of fused-ring (bicyclic) bond motifs is 1. The fraction of sp³-hybridized carbons (Fsp3) is 0.222. The quantitative estimate of drug-likeness (QED) is 0.342. The van der Waals surface area contributed by atoms with Crippen LogP contribution in [0.2, 0.25) is 0 Å². The Bertz CT molecular complexity index is 931. The minimum absolute atomic E-state index is 0.296. The predicted octanol–water partition coefficient (Wildman–Crippen LogP) is 5.04. The van der Waals surface area contributed by atoms with E-state index < -0.39 is 9.35 Å². The van der Waals surface area contributed by atoms with E-state index in [1.807, 2.05) is 19.1 Å². The second kappa shape index (κ2) is 7.94. The van der Waals surface area contributed by atoms with E-state index in [0.717, 1.165) is 12.0 Å². The zero-order valence-corrected chi connectivity index (χ0v) is 16.7. The minimum atomic E-state index is -1.01. The van der Waals surface area contributed by atoms with Crippen LogP contribution in [0.1, 0.15) is 13.3 Å². The van der Waals surface area contributed by atoms with Crippen LogP contribution in [0.3, 0.4) is 0 Å². The topological polar surface area (TPSA) is 47.0 Å². The van der Waals surface area contributed by atoms with Crippen LogP contribution in [-0.2, 0) is 0 Å². The molecule has 0 saturated carbocycles. The second-order valence-corrected chi connectivity index (χ2v) is 8.78. The van der Waals surface area contributed by atoms with Crippen LogP contribution in [0.4, 0.5) is 10.2 Å². The van der Waals surface area contributed by atoms with Gasteiger partial charge in [0.2, 0.25) is 0 Å². The number of halogens is 1. The molecule has 0 aliphatic heterocycles. The smallest absolute Gasteiger partial charge is 0.171 e. The largest absolute Gasteiger partial charge is 0.493 e. The summed E-state index contributed by atoms with van der Waals surface area (Å²) in [5.74, 6) is 0.630. The minimum Gasteiger partial charge on any atom is -0.493 e. The summed E-state index contributed by atoms with van der Waals surface area (Å²) >= 11 is 12.6. The van der Waals surface area contributed by atoms with Gasteiger partial charge in [-0.3, -0.25) is 0 Å². The van der Waals surface area contributed by atoms with Crippen molar-refractivity contribution in [3.63, 3.8) is 0 Å². The molecule has 0 atom stereocenters. The molecule has 0 bridgehead atoms. The van der Waals surface area contributed by atoms with Crippen molar-refractivity contribution >= 4 is 54.6 Å². The van der Waals surface area contributed by atoms with Gasteiger partial charge in [-0.2, -0.15) is 0 Å². The zero-order valence-electron chi connectivity index (χ0n) is 14.0. The van der Waals surface area contributed by atoms with E-state index in [1.165, 1.54) is 6.07 Å². The second-order valence-electron chi connectivity index (χ2n) is 5.71. The molecule has 0 aliphatic carbocycles. The van der Waals surface area contributed by atoms with Gasteiger partial charge >= 0.3 is 0 Å². The van der Waals surface area contributed by atoms with Gasteiger partial charge in [0.25, 0.3) is 0 Å². The summed E-state index contributed by atoms with van der Waals surface area (Å²) in [5.41, 5.74) is 1.71. The molecule has 3 aromatic rings. The van der Waals surface area contributed by atoms with Crippen molar-refractivity contribution in [2.75, 3.05) is 11.9 Å². The van der Waals surface area contributed by atoms with Crippen LogP contribution in [-0.4, -0.2) is 20.1 Å². The standard InChI is InChI=1S/C18H18FN3OS3/c1-2-7-23-13-8-12-3-4-15(21-17(12)14(19)10-13)11-5-6-20-16(9-11)22-18(24,25)26/h3-6,8-10,24-26H,2,7H2,1H3,(H,20,22). The molecular weight excluding hydrogens is 389 g/mol. The number of aromatic nitrogens is 2. The fourth-order valence-electron chi connectivity index (χ4n) is 2.46. The Balaban J connectivity index is 1.96. The molecule has 1 N–H and O–H groups in total. The Labute approximate surface area is 167 Å². The van der Waals surface area contributed by atoms with Crippen molar-refractivity contribution in [3.05, 3.63) is 48.4 Å². The lowest BCUT2D eigenvalue weighted by atomic mass is 10.1. The molecule has 0 radical (unpaired) electrons. The van der Waals surface area contributed by atoms with Crippen LogP contribution in [0.25, 0.3) is 22.2 Å². The Kier molecular flexibility index (Phi) is 5.84. The maximum Gasteiger partial charge on any atom is 0.171 e. The lowest BCUT2D eigenvalue weighted by Crippen LogP contribution is -2.17. The van der Waals surface area contributed by atoms with Gasteiger partial charge in [0.15, 0.2) is 9.35 Å². The molecule has 0 unspecified atom stereocenters. The number of ether oxygens (including phenoxy) is 1. The highest BCUT2D eigenvalue weighted by Crippen LogP contribution is 2.29. The molecule has 2 heterocycles. The van der Waals surface area contributed by atoms with Gasteiger partial charge in [-0.05, 0) is 30.7 Å². The first-order chi connectivity index (χ1) is 12.4. The van der Waals surface area contributed by atoms with Crippen LogP contribution in [0.5, 0.6) is 5.75 Å². The number of rotatable bonds is 6. The average Bonchev–Trinajstić information content (AvgIpc) is 2.58. The van der Waals surface area contributed by atoms with Crippen molar-refractivity contribution in [3.8, 4) is 17.0 Å². The molecule has 26 heavy (non-hydrogen) atoms. The number of pyridine rings is 2. The SMILES string of the molecule is CCCOc1cc(F)c2nc(-c3ccnc(NC(S)(S)S)c3)ccc2c1. The Morgan fingerprint density at radius 3 is 2.69 bits per heavy atom. The monoisotopic (exact) mass is 407 g/mol. The van der Waals surface area contributed by atoms with Crippen molar-refractivity contribution in [1.82, 2.24) is 9.97 Å². The first-order valence-electron chi connectivity index (χ1n) is 8.00. The van der Waals surface area contributed by atoms with Crippen LogP contribution in [0.15, 0.2) is 42.6 Å². The highest BCUT2D eigenvalue weighted by molar-refractivity contribution is 8.17. The summed E-state index contributed by atoms with van der Waals surface area (Å²) < 4.78 is 19.0. The molecule has 1 aromatic carbocycles. The van der Waals surface area contributed by atoms with Gasteiger partial charge in [0.1, 0.15) is 17.1 Å². The van der Waals surface area contributed by atoms with Crippen molar-refractivity contribution in [1.29, 1.82) is 0 Å². The fourth-order valence-corrected chi connectivity index (χ4v) is 2.80. The molecule has 0 aliphatic rings. The number of benzene rings is 1. The van der Waals surface area contributed by atoms with Gasteiger partial charge in [0, 0.05) is 23.2 Å². The number of hydrogen-bond acceptors (Lipinski definition) is 7. The molecule has 0 fully saturated rings. The summed E-state index contributed by atoms with van der Waals surface area (Å²) in [7, 11) is 0. The number of nitrogens with zero attached hydrogens (tertiary/aromatic N) is 2. The highest BCUT2D eigenvalue weighted by atomic mass is 32.2. The molecule has 3 rings (SSSR count). The van der Waals surface area contributed by atoms with E-state index in [9.17, 15) is 4.39 Å². The third kappa shape index (κ3) is 4.75. The summed E-state index contributed by atoms with van der Waals surface area (Å²) in [6.07, 6.45) is 2.49. The third-order valence-corrected chi connectivity index (χ3v) is 3.88. The Morgan fingerprint density at radius 1 is 1.15 bits per heavy atom. The molecule has 0 amide bonds. The molecule has 136 valence electrons. The molecule has 2 aromatic heterocycles. The molecule has 0 spiro atoms. The first-order valence-corrected chi connectivity index (χ1v) is 9.35. The molecule has 0 saturated heterocycles. The summed E-state index contributed by atoms with van der Waals surface area (Å²) in [6.45, 7) is 2.55. The van der Waals surface area contributed by atoms with E-state index >= 15 is 0 Å². The van der Waals surface area contributed by atoms with Crippen molar-refractivity contribution in [2.45, 2.75) is 16.9 Å². The number of thiol groups is 3. The van der Waals surface area contributed by atoms with Crippen LogP contribution >= 0.6 is 37.9 Å². The van der Waals surface area contributed by atoms with Crippen LogP contribution < -0.4 is 10.1 Å². The summed E-state index contributed by atoms with van der Waals surface area (Å²) in [4.78, 5) is 8.65. The predicted molar refractivity (Wildman–Crippen MR) is 114 cm³/mol. The molecular formula is C18H18FN3OS3. The summed E-state index contributed by atoms with van der Waals surface area (Å²) in [5, 5.41) is 3.62. The van der Waals surface area contributed by atoms with Gasteiger partial charge < -0.3 is 10.1 Å². The zero-order chi connectivity index (χ0) is 18.7. The average molecular weight is 408 g/mol. The number of nitrogens with one attached hydrogen (secondary N) is 1. The highest BCUT2D eigenvalue weighted by Gasteiger charge is 2.14. The maximum atomic E-state index is 14.5. The normalized spacial score (nSPS) is 11.6. The van der Waals surface area contributed by atoms with Gasteiger partial charge in [-0.25, -0.2) is 14.4 Å². The van der Waals surface area contributed by atoms with Gasteiger partial charge in [0.05, 0.1) is 12.3 Å². The number of anilines is 1. The van der Waals surface area contributed by atoms with E-state index in [4.69, 9.17) is 4.74 Å². The Hall–Kier alpha value is -1.64. The van der Waals surface area contributed by atoms with E-state index in [1.54, 1.807) is 24.4 Å². The molecule has 4 nitrogen and oxygen atoms in total.